The van der Waals surface area contributed by atoms with Crippen molar-refractivity contribution < 1.29 is 19.5 Å². The lowest BCUT2D eigenvalue weighted by molar-refractivity contribution is -0.129. The zero-order valence-electron chi connectivity index (χ0n) is 12.3. The fourth-order valence-electron chi connectivity index (χ4n) is 1.84. The van der Waals surface area contributed by atoms with E-state index in [1.807, 2.05) is 30.3 Å². The van der Waals surface area contributed by atoms with Gasteiger partial charge in [0.25, 0.3) is 0 Å². The van der Waals surface area contributed by atoms with Gasteiger partial charge in [-0.05, 0) is 39.7 Å². The smallest absolute Gasteiger partial charge is 0.336 e. The highest BCUT2D eigenvalue weighted by atomic mass is 79.9. The summed E-state index contributed by atoms with van der Waals surface area (Å²) in [5.41, 5.74) is 1.49. The first-order chi connectivity index (χ1) is 11.1. The van der Waals surface area contributed by atoms with E-state index < -0.39 is 5.97 Å². The first-order valence-electron chi connectivity index (χ1n) is 6.64. The molecule has 0 fully saturated rings. The molecule has 2 aromatic rings. The van der Waals surface area contributed by atoms with Crippen LogP contribution in [-0.4, -0.2) is 24.5 Å². The van der Waals surface area contributed by atoms with Gasteiger partial charge in [-0.3, -0.25) is 0 Å². The highest BCUT2D eigenvalue weighted by Gasteiger charge is 2.14. The van der Waals surface area contributed by atoms with Crippen molar-refractivity contribution in [1.82, 2.24) is 0 Å². The molecule has 0 radical (unpaired) electrons. The minimum absolute atomic E-state index is 0.255. The van der Waals surface area contributed by atoms with Crippen molar-refractivity contribution in [3.63, 3.8) is 0 Å². The minimum atomic E-state index is -0.531. The Balaban J connectivity index is 2.19. The van der Waals surface area contributed by atoms with Crippen LogP contribution in [0.4, 0.5) is 0 Å². The van der Waals surface area contributed by atoms with Gasteiger partial charge in [0.15, 0.2) is 11.5 Å². The van der Waals surface area contributed by atoms with E-state index in [2.05, 4.69) is 21.1 Å². The van der Waals surface area contributed by atoms with Gasteiger partial charge in [-0.15, -0.1) is 0 Å². The molecule has 0 saturated carbocycles. The molecular formula is C17H14BrNO4. The molecule has 23 heavy (non-hydrogen) atoms. The maximum Gasteiger partial charge on any atom is 0.336 e. The zero-order valence-corrected chi connectivity index (χ0v) is 13.9. The molecule has 0 bridgehead atoms. The molecule has 5 nitrogen and oxygen atoms in total. The van der Waals surface area contributed by atoms with Gasteiger partial charge in [-0.2, -0.15) is 0 Å². The van der Waals surface area contributed by atoms with Gasteiger partial charge in [0.2, 0.25) is 0 Å². The molecule has 0 saturated heterocycles. The molecule has 1 N–H and O–H groups in total. The summed E-state index contributed by atoms with van der Waals surface area (Å²) >= 11 is 3.31. The lowest BCUT2D eigenvalue weighted by Crippen LogP contribution is -2.06. The lowest BCUT2D eigenvalue weighted by Gasteiger charge is -2.10. The van der Waals surface area contributed by atoms with E-state index >= 15 is 0 Å². The number of benzene rings is 2. The maximum atomic E-state index is 12.0. The number of nitrogens with zero attached hydrogens (tertiary/aromatic N) is 1. The Kier molecular flexibility index (Phi) is 5.94. The number of carbonyl (C=O) groups is 1. The summed E-state index contributed by atoms with van der Waals surface area (Å²) in [6.45, 7) is 0. The monoisotopic (exact) mass is 375 g/mol. The topological polar surface area (TPSA) is 68.1 Å². The van der Waals surface area contributed by atoms with Crippen LogP contribution in [0.1, 0.15) is 11.1 Å². The van der Waals surface area contributed by atoms with Crippen LogP contribution < -0.4 is 9.47 Å². The Labute approximate surface area is 142 Å². The predicted octanol–water partition coefficient (Wildman–Crippen LogP) is 3.88. The Bertz CT molecular complexity index is 742. The maximum absolute atomic E-state index is 12.0. The minimum Gasteiger partial charge on any atom is -0.493 e. The normalized spacial score (nSPS) is 11.0. The van der Waals surface area contributed by atoms with Crippen molar-refractivity contribution in [2.45, 2.75) is 0 Å². The number of hydrogen-bond acceptors (Lipinski definition) is 5. The third-order valence-corrected chi connectivity index (χ3v) is 3.46. The second-order valence-electron chi connectivity index (χ2n) is 4.44. The Morgan fingerprint density at radius 2 is 1.96 bits per heavy atom. The van der Waals surface area contributed by atoms with Crippen molar-refractivity contribution in [2.24, 2.45) is 5.16 Å². The van der Waals surface area contributed by atoms with Crippen molar-refractivity contribution in [2.75, 3.05) is 7.11 Å². The second-order valence-corrected chi connectivity index (χ2v) is 5.30. The van der Waals surface area contributed by atoms with Gasteiger partial charge in [-0.25, -0.2) is 4.79 Å². The SMILES string of the molecule is COc1cc(/C=N/O)cc(Br)c1OC(=O)C=Cc1ccccc1. The number of rotatable bonds is 5. The van der Waals surface area contributed by atoms with Crippen LogP contribution in [0, 0.1) is 0 Å². The summed E-state index contributed by atoms with van der Waals surface area (Å²) in [5.74, 6) is 0.0671. The molecule has 6 heteroatoms. The molecule has 2 rings (SSSR count). The molecular weight excluding hydrogens is 362 g/mol. The summed E-state index contributed by atoms with van der Waals surface area (Å²) in [4.78, 5) is 12.0. The van der Waals surface area contributed by atoms with Gasteiger partial charge >= 0.3 is 5.97 Å². The number of ether oxygens (including phenoxy) is 2. The van der Waals surface area contributed by atoms with Crippen LogP contribution in [0.5, 0.6) is 11.5 Å². The fraction of sp³-hybridized carbons (Fsp3) is 0.0588. The third kappa shape index (κ3) is 4.69. The van der Waals surface area contributed by atoms with Crippen LogP contribution in [0.2, 0.25) is 0 Å². The van der Waals surface area contributed by atoms with Crippen LogP contribution in [0.3, 0.4) is 0 Å². The predicted molar refractivity (Wildman–Crippen MR) is 91.2 cm³/mol. The van der Waals surface area contributed by atoms with Crippen LogP contribution in [-0.2, 0) is 4.79 Å². The summed E-state index contributed by atoms with van der Waals surface area (Å²) in [5, 5.41) is 11.5. The molecule has 0 heterocycles. The average molecular weight is 376 g/mol. The number of hydrogen-bond donors (Lipinski definition) is 1. The molecule has 0 spiro atoms. The molecule has 0 amide bonds. The molecule has 0 aliphatic carbocycles. The van der Waals surface area contributed by atoms with Crippen LogP contribution in [0.15, 0.2) is 58.2 Å². The van der Waals surface area contributed by atoms with Crippen LogP contribution >= 0.6 is 15.9 Å². The van der Waals surface area contributed by atoms with E-state index in [0.717, 1.165) is 5.56 Å². The van der Waals surface area contributed by atoms with E-state index in [9.17, 15) is 4.79 Å². The Morgan fingerprint density at radius 1 is 1.22 bits per heavy atom. The Morgan fingerprint density at radius 3 is 2.61 bits per heavy atom. The zero-order chi connectivity index (χ0) is 16.7. The van der Waals surface area contributed by atoms with E-state index in [-0.39, 0.29) is 5.75 Å². The van der Waals surface area contributed by atoms with Crippen molar-refractivity contribution in [3.8, 4) is 11.5 Å². The molecule has 0 unspecified atom stereocenters. The quantitative estimate of drug-likeness (QED) is 0.215. The number of carbonyl (C=O) groups excluding carboxylic acids is 1. The second kappa shape index (κ2) is 8.14. The highest BCUT2D eigenvalue weighted by Crippen LogP contribution is 2.36. The Hall–Kier alpha value is -2.60. The molecule has 118 valence electrons. The third-order valence-electron chi connectivity index (χ3n) is 2.87. The van der Waals surface area contributed by atoms with Crippen molar-refractivity contribution in [1.29, 1.82) is 0 Å². The number of esters is 1. The van der Waals surface area contributed by atoms with Gasteiger partial charge in [0, 0.05) is 11.6 Å². The van der Waals surface area contributed by atoms with Gasteiger partial charge < -0.3 is 14.7 Å². The molecule has 0 aromatic heterocycles. The molecule has 0 aliphatic rings. The van der Waals surface area contributed by atoms with Gasteiger partial charge in [0.1, 0.15) is 0 Å². The van der Waals surface area contributed by atoms with Crippen LogP contribution in [0.25, 0.3) is 6.08 Å². The first kappa shape index (κ1) is 16.8. The van der Waals surface area contributed by atoms with Gasteiger partial charge in [-0.1, -0.05) is 35.5 Å². The summed E-state index contributed by atoms with van der Waals surface area (Å²) in [6.07, 6.45) is 4.24. The lowest BCUT2D eigenvalue weighted by atomic mass is 10.2. The fourth-order valence-corrected chi connectivity index (χ4v) is 2.38. The van der Waals surface area contributed by atoms with E-state index in [1.165, 1.54) is 19.4 Å². The summed E-state index contributed by atoms with van der Waals surface area (Å²) in [7, 11) is 1.46. The van der Waals surface area contributed by atoms with E-state index in [1.54, 1.807) is 18.2 Å². The van der Waals surface area contributed by atoms with Crippen molar-refractivity contribution in [3.05, 3.63) is 64.1 Å². The standard InChI is InChI=1S/C17H14BrNO4/c1-22-15-10-13(11-19-21)9-14(18)17(15)23-16(20)8-7-12-5-3-2-4-6-12/h2-11,21H,1H3/b8-7?,19-11+. The molecule has 0 aliphatic heterocycles. The summed E-state index contributed by atoms with van der Waals surface area (Å²) < 4.78 is 11.0. The summed E-state index contributed by atoms with van der Waals surface area (Å²) in [6, 6.07) is 12.7. The molecule has 0 atom stereocenters. The van der Waals surface area contributed by atoms with Gasteiger partial charge in [0.05, 0.1) is 17.8 Å². The first-order valence-corrected chi connectivity index (χ1v) is 7.43. The number of methoxy groups -OCH3 is 1. The largest absolute Gasteiger partial charge is 0.493 e. The number of halogens is 1. The number of oxime groups is 1. The van der Waals surface area contributed by atoms with E-state index in [0.29, 0.717) is 15.8 Å². The average Bonchev–Trinajstić information content (AvgIpc) is 2.56. The van der Waals surface area contributed by atoms with Crippen molar-refractivity contribution >= 4 is 34.2 Å². The highest BCUT2D eigenvalue weighted by molar-refractivity contribution is 9.10. The van der Waals surface area contributed by atoms with E-state index in [4.69, 9.17) is 14.7 Å². The molecule has 2 aromatic carbocycles.